The molecule has 0 aliphatic rings. The minimum absolute atomic E-state index is 0.197. The Bertz CT molecular complexity index is 1020. The molecule has 0 unspecified atom stereocenters. The fraction of sp³-hybridized carbons (Fsp3) is 0.250. The first-order chi connectivity index (χ1) is 14.3. The molecule has 2 N–H and O–H groups in total. The average molecular weight is 438 g/mol. The molecule has 0 fully saturated rings. The van der Waals surface area contributed by atoms with Crippen molar-refractivity contribution in [2.75, 3.05) is 13.6 Å². The molecule has 0 amide bonds. The summed E-state index contributed by atoms with van der Waals surface area (Å²) in [6.45, 7) is 0.641. The lowest BCUT2D eigenvalue weighted by Gasteiger charge is -2.12. The van der Waals surface area contributed by atoms with Crippen LogP contribution in [-0.2, 0) is 19.1 Å². The van der Waals surface area contributed by atoms with Crippen LogP contribution in [0.3, 0.4) is 0 Å². The summed E-state index contributed by atoms with van der Waals surface area (Å²) in [6.07, 6.45) is -3.93. The van der Waals surface area contributed by atoms with E-state index < -0.39 is 11.7 Å². The third-order valence-electron chi connectivity index (χ3n) is 4.12. The zero-order chi connectivity index (χ0) is 21.6. The molecule has 0 spiro atoms. The van der Waals surface area contributed by atoms with Crippen LogP contribution in [0.15, 0.2) is 58.0 Å². The number of nitrogens with one attached hydrogen (secondary N) is 2. The van der Waals surface area contributed by atoms with Gasteiger partial charge >= 0.3 is 6.18 Å². The van der Waals surface area contributed by atoms with Crippen LogP contribution >= 0.6 is 11.6 Å². The van der Waals surface area contributed by atoms with E-state index in [2.05, 4.69) is 25.8 Å². The highest BCUT2D eigenvalue weighted by molar-refractivity contribution is 6.30. The second-order valence-corrected chi connectivity index (χ2v) is 6.76. The van der Waals surface area contributed by atoms with Crippen molar-refractivity contribution in [3.05, 3.63) is 70.6 Å². The Morgan fingerprint density at radius 1 is 1.13 bits per heavy atom. The van der Waals surface area contributed by atoms with Crippen LogP contribution in [0.1, 0.15) is 17.0 Å². The van der Waals surface area contributed by atoms with E-state index in [9.17, 15) is 13.2 Å². The Morgan fingerprint density at radius 3 is 2.67 bits per heavy atom. The highest BCUT2D eigenvalue weighted by Crippen LogP contribution is 2.29. The Morgan fingerprint density at radius 2 is 1.93 bits per heavy atom. The van der Waals surface area contributed by atoms with E-state index in [1.54, 1.807) is 31.3 Å². The Labute approximate surface area is 176 Å². The second kappa shape index (κ2) is 9.62. The van der Waals surface area contributed by atoms with Gasteiger partial charge in [-0.25, -0.2) is 0 Å². The zero-order valence-corrected chi connectivity index (χ0v) is 16.8. The van der Waals surface area contributed by atoms with E-state index >= 15 is 0 Å². The maximum atomic E-state index is 12.8. The zero-order valence-electron chi connectivity index (χ0n) is 16.0. The SMILES string of the molecule is CN=C(NCCc1nc(-c2cccc(Cl)c2)no1)NCc1cccc(C(F)(F)F)c1. The van der Waals surface area contributed by atoms with E-state index in [1.165, 1.54) is 6.07 Å². The molecule has 0 aliphatic heterocycles. The lowest BCUT2D eigenvalue weighted by atomic mass is 10.1. The standard InChI is InChI=1S/C20H19ClF3N5O/c1-25-19(27-12-13-4-2-6-15(10-13)20(22,23)24)26-9-8-17-28-18(29-30-17)14-5-3-7-16(21)11-14/h2-7,10-11H,8-9,12H2,1H3,(H2,25,26,27). The van der Waals surface area contributed by atoms with Crippen molar-refractivity contribution in [2.24, 2.45) is 4.99 Å². The number of aromatic nitrogens is 2. The number of hydrogen-bond donors (Lipinski definition) is 2. The molecule has 1 heterocycles. The van der Waals surface area contributed by atoms with Crippen molar-refractivity contribution in [1.29, 1.82) is 0 Å². The highest BCUT2D eigenvalue weighted by Gasteiger charge is 2.30. The summed E-state index contributed by atoms with van der Waals surface area (Å²) in [5.74, 6) is 1.33. The molecule has 0 saturated heterocycles. The highest BCUT2D eigenvalue weighted by atomic mass is 35.5. The van der Waals surface area contributed by atoms with Gasteiger partial charge in [0.05, 0.1) is 5.56 Å². The Balaban J connectivity index is 1.50. The summed E-state index contributed by atoms with van der Waals surface area (Å²) in [7, 11) is 1.57. The fourth-order valence-electron chi connectivity index (χ4n) is 2.65. The molecule has 3 rings (SSSR count). The molecule has 2 aromatic carbocycles. The molecule has 1 aromatic heterocycles. The predicted octanol–water partition coefficient (Wildman–Crippen LogP) is 4.32. The molecular formula is C20H19ClF3N5O. The van der Waals surface area contributed by atoms with Crippen molar-refractivity contribution in [1.82, 2.24) is 20.8 Å². The first kappa shape index (κ1) is 21.6. The van der Waals surface area contributed by atoms with Gasteiger partial charge in [-0.2, -0.15) is 18.2 Å². The monoisotopic (exact) mass is 437 g/mol. The van der Waals surface area contributed by atoms with Crippen molar-refractivity contribution in [2.45, 2.75) is 19.1 Å². The first-order valence-corrected chi connectivity index (χ1v) is 9.42. The minimum Gasteiger partial charge on any atom is -0.356 e. The second-order valence-electron chi connectivity index (χ2n) is 6.32. The minimum atomic E-state index is -4.37. The molecule has 6 nitrogen and oxygen atoms in total. The van der Waals surface area contributed by atoms with Crippen molar-refractivity contribution in [3.63, 3.8) is 0 Å². The van der Waals surface area contributed by atoms with Gasteiger partial charge in [0.15, 0.2) is 5.96 Å². The quantitative estimate of drug-likeness (QED) is 0.444. The number of benzene rings is 2. The molecule has 10 heteroatoms. The Hall–Kier alpha value is -3.07. The molecule has 0 atom stereocenters. The predicted molar refractivity (Wildman–Crippen MR) is 108 cm³/mol. The van der Waals surface area contributed by atoms with E-state index in [-0.39, 0.29) is 6.54 Å². The normalized spacial score (nSPS) is 12.1. The number of alkyl halides is 3. The van der Waals surface area contributed by atoms with Crippen LogP contribution in [0, 0.1) is 0 Å². The lowest BCUT2D eigenvalue weighted by Crippen LogP contribution is -2.37. The summed E-state index contributed by atoms with van der Waals surface area (Å²) < 4.78 is 43.7. The van der Waals surface area contributed by atoms with Gasteiger partial charge in [0.25, 0.3) is 0 Å². The number of halogens is 4. The number of aliphatic imine (C=N–C) groups is 1. The fourth-order valence-corrected chi connectivity index (χ4v) is 2.84. The molecule has 0 saturated carbocycles. The first-order valence-electron chi connectivity index (χ1n) is 9.04. The molecule has 158 valence electrons. The van der Waals surface area contributed by atoms with Gasteiger partial charge in [-0.3, -0.25) is 4.99 Å². The molecule has 0 bridgehead atoms. The average Bonchev–Trinajstić information content (AvgIpc) is 3.19. The molecular weight excluding hydrogens is 419 g/mol. The number of hydrogen-bond acceptors (Lipinski definition) is 4. The van der Waals surface area contributed by atoms with Gasteiger partial charge in [0, 0.05) is 37.1 Å². The van der Waals surface area contributed by atoms with E-state index in [0.717, 1.165) is 17.7 Å². The molecule has 3 aromatic rings. The summed E-state index contributed by atoms with van der Waals surface area (Å²) in [5, 5.41) is 10.6. The summed E-state index contributed by atoms with van der Waals surface area (Å²) >= 11 is 5.97. The van der Waals surface area contributed by atoms with Crippen molar-refractivity contribution < 1.29 is 17.7 Å². The largest absolute Gasteiger partial charge is 0.416 e. The number of nitrogens with zero attached hydrogens (tertiary/aromatic N) is 3. The molecule has 0 radical (unpaired) electrons. The topological polar surface area (TPSA) is 75.3 Å². The summed E-state index contributed by atoms with van der Waals surface area (Å²) in [6, 6.07) is 12.3. The molecule has 30 heavy (non-hydrogen) atoms. The van der Waals surface area contributed by atoms with Gasteiger partial charge in [0.2, 0.25) is 11.7 Å². The summed E-state index contributed by atoms with van der Waals surface area (Å²) in [4.78, 5) is 8.39. The van der Waals surface area contributed by atoms with Gasteiger partial charge < -0.3 is 15.2 Å². The van der Waals surface area contributed by atoms with Crippen molar-refractivity contribution in [3.8, 4) is 11.4 Å². The van der Waals surface area contributed by atoms with Crippen molar-refractivity contribution >= 4 is 17.6 Å². The van der Waals surface area contributed by atoms with Crippen LogP contribution in [0.5, 0.6) is 0 Å². The molecule has 0 aliphatic carbocycles. The van der Waals surface area contributed by atoms with Crippen LogP contribution in [0.4, 0.5) is 13.2 Å². The van der Waals surface area contributed by atoms with Gasteiger partial charge in [-0.05, 0) is 29.8 Å². The van der Waals surface area contributed by atoms with Gasteiger partial charge in [-0.1, -0.05) is 41.0 Å². The van der Waals surface area contributed by atoms with Crippen LogP contribution in [-0.4, -0.2) is 29.7 Å². The maximum Gasteiger partial charge on any atom is 0.416 e. The van der Waals surface area contributed by atoms with E-state index in [4.69, 9.17) is 16.1 Å². The van der Waals surface area contributed by atoms with Crippen LogP contribution in [0.25, 0.3) is 11.4 Å². The van der Waals surface area contributed by atoms with Crippen LogP contribution in [0.2, 0.25) is 5.02 Å². The van der Waals surface area contributed by atoms with Crippen LogP contribution < -0.4 is 10.6 Å². The number of guanidine groups is 1. The number of rotatable bonds is 6. The smallest absolute Gasteiger partial charge is 0.356 e. The van der Waals surface area contributed by atoms with E-state index in [1.807, 2.05) is 6.07 Å². The van der Waals surface area contributed by atoms with Gasteiger partial charge in [0.1, 0.15) is 0 Å². The lowest BCUT2D eigenvalue weighted by molar-refractivity contribution is -0.137. The Kier molecular flexibility index (Phi) is 6.94. The van der Waals surface area contributed by atoms with E-state index in [0.29, 0.717) is 41.2 Å². The maximum absolute atomic E-state index is 12.8. The third kappa shape index (κ3) is 5.96. The van der Waals surface area contributed by atoms with Gasteiger partial charge in [-0.15, -0.1) is 0 Å². The summed E-state index contributed by atoms with van der Waals surface area (Å²) in [5.41, 5.74) is 0.566. The third-order valence-corrected chi connectivity index (χ3v) is 4.36.